The summed E-state index contributed by atoms with van der Waals surface area (Å²) in [6, 6.07) is 0. The Bertz CT molecular complexity index is 95.8. The minimum Gasteiger partial charge on any atom is -0.472 e. The summed E-state index contributed by atoms with van der Waals surface area (Å²) in [6.07, 6.45) is 0.691. The summed E-state index contributed by atoms with van der Waals surface area (Å²) in [7, 11) is 1.26. The van der Waals surface area contributed by atoms with Crippen molar-refractivity contribution in [2.75, 3.05) is 13.7 Å². The van der Waals surface area contributed by atoms with Crippen LogP contribution >= 0.6 is 12.4 Å². The molecule has 0 rings (SSSR count). The fraction of sp³-hybridized carbons (Fsp3) is 0.500. The number of hydrogen-bond acceptors (Lipinski definition) is 4. The number of ether oxygens (including phenoxy) is 2. The van der Waals surface area contributed by atoms with E-state index in [9.17, 15) is 4.79 Å². The number of carbonyl (C=O) groups is 1. The molecule has 0 heterocycles. The Labute approximate surface area is 59.1 Å². The van der Waals surface area contributed by atoms with E-state index < -0.39 is 5.97 Å². The van der Waals surface area contributed by atoms with Crippen molar-refractivity contribution in [1.29, 1.82) is 5.41 Å². The Kier molecular flexibility index (Phi) is 8.90. The third-order valence-electron chi connectivity index (χ3n) is 0.512. The molecule has 0 aliphatic heterocycles. The quantitative estimate of drug-likeness (QED) is 0.358. The fourth-order valence-corrected chi connectivity index (χ4v) is 0.169. The van der Waals surface area contributed by atoms with Crippen molar-refractivity contribution in [3.63, 3.8) is 0 Å². The summed E-state index contributed by atoms with van der Waals surface area (Å²) < 4.78 is 8.44. The Morgan fingerprint density at radius 1 is 1.78 bits per heavy atom. The highest BCUT2D eigenvalue weighted by atomic mass is 35.5. The van der Waals surface area contributed by atoms with Crippen molar-refractivity contribution in [2.24, 2.45) is 0 Å². The van der Waals surface area contributed by atoms with Crippen molar-refractivity contribution < 1.29 is 14.3 Å². The van der Waals surface area contributed by atoms with E-state index >= 15 is 0 Å². The Balaban J connectivity index is 0. The standard InChI is InChI=1S/C4H7NO3.ClH/c1-7-4(6)2-8-3-5;/h3,5H,2H2,1H3;1H. The molecule has 0 aromatic rings. The lowest BCUT2D eigenvalue weighted by molar-refractivity contribution is -0.143. The lowest BCUT2D eigenvalue weighted by Gasteiger charge is -1.94. The molecule has 0 spiro atoms. The molecule has 0 amide bonds. The highest BCUT2D eigenvalue weighted by Gasteiger charge is 1.95. The van der Waals surface area contributed by atoms with Crippen molar-refractivity contribution in [3.8, 4) is 0 Å². The van der Waals surface area contributed by atoms with Gasteiger partial charge in [-0.2, -0.15) is 0 Å². The molecule has 0 aliphatic carbocycles. The molecule has 0 aromatic heterocycles. The van der Waals surface area contributed by atoms with Gasteiger partial charge in [0.05, 0.1) is 7.11 Å². The van der Waals surface area contributed by atoms with Crippen LogP contribution in [0.4, 0.5) is 0 Å². The van der Waals surface area contributed by atoms with Crippen LogP contribution in [0.1, 0.15) is 0 Å². The average molecular weight is 154 g/mol. The minimum atomic E-state index is -0.478. The van der Waals surface area contributed by atoms with Gasteiger partial charge < -0.3 is 9.47 Å². The molecule has 0 aliphatic rings. The second kappa shape index (κ2) is 7.23. The average Bonchev–Trinajstić information content (AvgIpc) is 1.83. The summed E-state index contributed by atoms with van der Waals surface area (Å²) in [6.45, 7) is -0.181. The third kappa shape index (κ3) is 7.23. The predicted molar refractivity (Wildman–Crippen MR) is 34.0 cm³/mol. The number of methoxy groups -OCH3 is 1. The van der Waals surface area contributed by atoms with E-state index in [1.165, 1.54) is 7.11 Å². The molecule has 0 fully saturated rings. The third-order valence-corrected chi connectivity index (χ3v) is 0.512. The van der Waals surface area contributed by atoms with Gasteiger partial charge in [-0.05, 0) is 0 Å². The monoisotopic (exact) mass is 153 g/mol. The molecule has 9 heavy (non-hydrogen) atoms. The van der Waals surface area contributed by atoms with E-state index in [1.807, 2.05) is 0 Å². The molecule has 0 radical (unpaired) electrons. The van der Waals surface area contributed by atoms with Gasteiger partial charge in [0.2, 0.25) is 0 Å². The first-order chi connectivity index (χ1) is 3.81. The van der Waals surface area contributed by atoms with E-state index in [-0.39, 0.29) is 19.0 Å². The Morgan fingerprint density at radius 2 is 2.33 bits per heavy atom. The number of rotatable bonds is 3. The van der Waals surface area contributed by atoms with Gasteiger partial charge in [-0.1, -0.05) is 0 Å². The maximum absolute atomic E-state index is 10.1. The maximum atomic E-state index is 10.1. The molecule has 0 saturated carbocycles. The zero-order valence-electron chi connectivity index (χ0n) is 4.92. The summed E-state index contributed by atoms with van der Waals surface area (Å²) in [4.78, 5) is 10.1. The number of hydrogen-bond donors (Lipinski definition) is 1. The first-order valence-corrected chi connectivity index (χ1v) is 1.98. The van der Waals surface area contributed by atoms with Gasteiger partial charge in [0.1, 0.15) is 0 Å². The molecule has 4 nitrogen and oxygen atoms in total. The lowest BCUT2D eigenvalue weighted by Crippen LogP contribution is -2.08. The van der Waals surface area contributed by atoms with Crippen molar-refractivity contribution in [1.82, 2.24) is 0 Å². The van der Waals surface area contributed by atoms with Crippen LogP contribution in [0.2, 0.25) is 0 Å². The first-order valence-electron chi connectivity index (χ1n) is 1.98. The van der Waals surface area contributed by atoms with Gasteiger partial charge in [-0.3, -0.25) is 5.41 Å². The zero-order valence-corrected chi connectivity index (χ0v) is 5.73. The molecule has 0 atom stereocenters. The van der Waals surface area contributed by atoms with Crippen molar-refractivity contribution >= 4 is 24.8 Å². The SMILES string of the molecule is COC(=O)COC=N.Cl. The van der Waals surface area contributed by atoms with Crippen LogP contribution in [0, 0.1) is 5.41 Å². The molecule has 0 saturated heterocycles. The highest BCUT2D eigenvalue weighted by molar-refractivity contribution is 5.85. The fourth-order valence-electron chi connectivity index (χ4n) is 0.169. The second-order valence-electron chi connectivity index (χ2n) is 1.00. The summed E-state index contributed by atoms with van der Waals surface area (Å²) in [5.41, 5.74) is 0. The lowest BCUT2D eigenvalue weighted by atomic mass is 10.7. The summed E-state index contributed by atoms with van der Waals surface area (Å²) in [5, 5.41) is 6.32. The molecule has 54 valence electrons. The Hall–Kier alpha value is -0.770. The zero-order chi connectivity index (χ0) is 6.41. The van der Waals surface area contributed by atoms with Crippen LogP contribution in [-0.2, 0) is 14.3 Å². The van der Waals surface area contributed by atoms with E-state index in [0.717, 1.165) is 0 Å². The maximum Gasteiger partial charge on any atom is 0.343 e. The van der Waals surface area contributed by atoms with Gasteiger partial charge in [0, 0.05) is 0 Å². The number of halogens is 1. The van der Waals surface area contributed by atoms with E-state index in [2.05, 4.69) is 9.47 Å². The largest absolute Gasteiger partial charge is 0.472 e. The van der Waals surface area contributed by atoms with Gasteiger partial charge in [0.25, 0.3) is 0 Å². The summed E-state index contributed by atoms with van der Waals surface area (Å²) >= 11 is 0. The number of esters is 1. The summed E-state index contributed by atoms with van der Waals surface area (Å²) in [5.74, 6) is -0.478. The van der Waals surface area contributed by atoms with Gasteiger partial charge in [-0.25, -0.2) is 4.79 Å². The predicted octanol–water partition coefficient (Wildman–Crippen LogP) is 0.205. The van der Waals surface area contributed by atoms with Gasteiger partial charge in [-0.15, -0.1) is 12.4 Å². The molecule has 5 heteroatoms. The van der Waals surface area contributed by atoms with E-state index in [0.29, 0.717) is 6.40 Å². The number of carbonyl (C=O) groups excluding carboxylic acids is 1. The topological polar surface area (TPSA) is 59.4 Å². The molecule has 0 unspecified atom stereocenters. The van der Waals surface area contributed by atoms with E-state index in [4.69, 9.17) is 5.41 Å². The van der Waals surface area contributed by atoms with Gasteiger partial charge >= 0.3 is 5.97 Å². The van der Waals surface area contributed by atoms with Crippen molar-refractivity contribution in [2.45, 2.75) is 0 Å². The molecule has 0 aromatic carbocycles. The van der Waals surface area contributed by atoms with Crippen LogP contribution in [-0.4, -0.2) is 26.1 Å². The van der Waals surface area contributed by atoms with Crippen LogP contribution in [0.5, 0.6) is 0 Å². The van der Waals surface area contributed by atoms with Crippen LogP contribution in [0.3, 0.4) is 0 Å². The first kappa shape index (κ1) is 11.1. The smallest absolute Gasteiger partial charge is 0.343 e. The molecule has 1 N–H and O–H groups in total. The van der Waals surface area contributed by atoms with Gasteiger partial charge in [0.15, 0.2) is 13.0 Å². The number of nitrogens with one attached hydrogen (secondary N) is 1. The van der Waals surface area contributed by atoms with Crippen LogP contribution in [0.15, 0.2) is 0 Å². The van der Waals surface area contributed by atoms with E-state index in [1.54, 1.807) is 0 Å². The van der Waals surface area contributed by atoms with Crippen LogP contribution in [0.25, 0.3) is 0 Å². The minimum absolute atomic E-state index is 0. The molecule has 0 bridgehead atoms. The second-order valence-corrected chi connectivity index (χ2v) is 1.00. The van der Waals surface area contributed by atoms with Crippen LogP contribution < -0.4 is 0 Å². The Morgan fingerprint density at radius 3 is 2.67 bits per heavy atom. The normalized spacial score (nSPS) is 6.78. The molecular formula is C4H8ClNO3. The highest BCUT2D eigenvalue weighted by Crippen LogP contribution is 1.72. The molecular weight excluding hydrogens is 146 g/mol. The van der Waals surface area contributed by atoms with Crippen molar-refractivity contribution in [3.05, 3.63) is 0 Å².